The molecule has 1 aliphatic carbocycles. The molecule has 0 spiro atoms. The highest BCUT2D eigenvalue weighted by molar-refractivity contribution is 5.83. The van der Waals surface area contributed by atoms with Crippen molar-refractivity contribution < 1.29 is 29.3 Å². The summed E-state index contributed by atoms with van der Waals surface area (Å²) in [5, 5.41) is 21.1. The number of rotatable bonds is 6. The van der Waals surface area contributed by atoms with Crippen molar-refractivity contribution in [1.82, 2.24) is 0 Å². The molecule has 7 nitrogen and oxygen atoms in total. The minimum Gasteiger partial charge on any atom is -0.599 e. The number of carbonyl (C=O) groups excluding carboxylic acids is 1. The van der Waals surface area contributed by atoms with E-state index in [0.29, 0.717) is 0 Å². The predicted octanol–water partition coefficient (Wildman–Crippen LogP) is 1.55. The number of hydrogen-bond donors (Lipinski definition) is 1. The van der Waals surface area contributed by atoms with Gasteiger partial charge in [0.1, 0.15) is 6.08 Å². The normalized spacial score (nSPS) is 14.2. The van der Waals surface area contributed by atoms with E-state index in [1.165, 1.54) is 0 Å². The van der Waals surface area contributed by atoms with Crippen molar-refractivity contribution in [2.24, 2.45) is 4.99 Å². The van der Waals surface area contributed by atoms with Crippen LogP contribution in [-0.4, -0.2) is 42.9 Å². The molecule has 1 N–H and O–H groups in total. The van der Waals surface area contributed by atoms with Crippen LogP contribution in [0.15, 0.2) is 53.5 Å². The van der Waals surface area contributed by atoms with E-state index in [1.807, 2.05) is 48.5 Å². The Labute approximate surface area is 155 Å². The van der Waals surface area contributed by atoms with Gasteiger partial charge < -0.3 is 19.7 Å². The van der Waals surface area contributed by atoms with Gasteiger partial charge in [-0.15, -0.1) is 0 Å². The van der Waals surface area contributed by atoms with E-state index in [9.17, 15) is 14.7 Å². The number of aliphatic imine (C=N–C) groups is 1. The lowest BCUT2D eigenvalue weighted by molar-refractivity contribution is -0.251. The SMILES string of the molecule is COC(=O)C[C@@H](N=C([O-])OCC1c2ccccc2-c2ccccc21)C(=O)O. The fraction of sp³-hybridized carbons (Fsp3) is 0.250. The molecule has 140 valence electrons. The average Bonchev–Trinajstić information content (AvgIpc) is 2.99. The van der Waals surface area contributed by atoms with Crippen molar-refractivity contribution in [2.45, 2.75) is 18.4 Å². The molecule has 27 heavy (non-hydrogen) atoms. The number of nitrogens with zero attached hydrogens (tertiary/aromatic N) is 1. The summed E-state index contributed by atoms with van der Waals surface area (Å²) in [5.41, 5.74) is 4.24. The van der Waals surface area contributed by atoms with Gasteiger partial charge >= 0.3 is 11.9 Å². The van der Waals surface area contributed by atoms with Crippen LogP contribution >= 0.6 is 0 Å². The van der Waals surface area contributed by atoms with Crippen LogP contribution in [0.25, 0.3) is 11.1 Å². The summed E-state index contributed by atoms with van der Waals surface area (Å²) in [5.74, 6) is -2.31. The van der Waals surface area contributed by atoms with E-state index in [0.717, 1.165) is 29.4 Å². The quantitative estimate of drug-likeness (QED) is 0.471. The summed E-state index contributed by atoms with van der Waals surface area (Å²) in [6, 6.07) is 14.2. The van der Waals surface area contributed by atoms with Gasteiger partial charge in [0.05, 0.1) is 13.5 Å². The largest absolute Gasteiger partial charge is 0.599 e. The van der Waals surface area contributed by atoms with Crippen LogP contribution < -0.4 is 5.11 Å². The number of aliphatic carboxylic acids is 1. The second-order valence-corrected chi connectivity index (χ2v) is 6.07. The molecule has 0 aliphatic heterocycles. The zero-order valence-corrected chi connectivity index (χ0v) is 14.6. The Morgan fingerprint density at radius 2 is 1.67 bits per heavy atom. The van der Waals surface area contributed by atoms with E-state index in [1.54, 1.807) is 0 Å². The van der Waals surface area contributed by atoms with E-state index < -0.39 is 30.5 Å². The molecule has 3 rings (SSSR count). The first-order valence-electron chi connectivity index (χ1n) is 8.36. The Bertz CT molecular complexity index is 846. The summed E-state index contributed by atoms with van der Waals surface area (Å²) in [6.45, 7) is 0.0287. The van der Waals surface area contributed by atoms with Crippen LogP contribution in [0.5, 0.6) is 0 Å². The lowest BCUT2D eigenvalue weighted by atomic mass is 9.98. The highest BCUT2D eigenvalue weighted by Gasteiger charge is 2.27. The van der Waals surface area contributed by atoms with Gasteiger partial charge in [0.2, 0.25) is 0 Å². The van der Waals surface area contributed by atoms with E-state index in [4.69, 9.17) is 9.84 Å². The summed E-state index contributed by atoms with van der Waals surface area (Å²) < 4.78 is 9.63. The molecule has 0 saturated heterocycles. The summed E-state index contributed by atoms with van der Waals surface area (Å²) >= 11 is 0. The topological polar surface area (TPSA) is 108 Å². The first-order chi connectivity index (χ1) is 13.0. The summed E-state index contributed by atoms with van der Waals surface area (Å²) in [4.78, 5) is 25.9. The van der Waals surface area contributed by atoms with E-state index in [2.05, 4.69) is 9.73 Å². The number of carboxylic acid groups (broad SMARTS) is 1. The molecule has 0 heterocycles. The molecule has 0 fully saturated rings. The fourth-order valence-corrected chi connectivity index (χ4v) is 3.19. The van der Waals surface area contributed by atoms with Crippen molar-refractivity contribution >= 4 is 18.0 Å². The van der Waals surface area contributed by atoms with Crippen molar-refractivity contribution in [2.75, 3.05) is 13.7 Å². The number of fused-ring (bicyclic) bond motifs is 3. The van der Waals surface area contributed by atoms with Gasteiger partial charge in [-0.2, -0.15) is 0 Å². The van der Waals surface area contributed by atoms with Crippen LogP contribution in [-0.2, 0) is 19.1 Å². The molecule has 1 aliphatic rings. The van der Waals surface area contributed by atoms with Crippen LogP contribution in [0.2, 0.25) is 0 Å². The molecule has 0 saturated carbocycles. The number of esters is 1. The molecule has 7 heteroatoms. The Kier molecular flexibility index (Phi) is 5.40. The van der Waals surface area contributed by atoms with Gasteiger partial charge in [-0.05, 0) is 22.3 Å². The van der Waals surface area contributed by atoms with Crippen LogP contribution in [0.4, 0.5) is 0 Å². The van der Waals surface area contributed by atoms with Crippen molar-refractivity contribution in [3.05, 3.63) is 59.7 Å². The van der Waals surface area contributed by atoms with E-state index in [-0.39, 0.29) is 12.5 Å². The molecule has 1 atom stereocenters. The van der Waals surface area contributed by atoms with Crippen molar-refractivity contribution in [3.63, 3.8) is 0 Å². The van der Waals surface area contributed by atoms with Crippen molar-refractivity contribution in [1.29, 1.82) is 0 Å². The second kappa shape index (κ2) is 7.90. The molecule has 0 bridgehead atoms. The molecule has 0 aromatic heterocycles. The Balaban J connectivity index is 1.76. The van der Waals surface area contributed by atoms with Crippen LogP contribution in [0.3, 0.4) is 0 Å². The molecular weight excluding hydrogens is 350 g/mol. The summed E-state index contributed by atoms with van der Waals surface area (Å²) in [7, 11) is 1.13. The predicted molar refractivity (Wildman–Crippen MR) is 95.2 cm³/mol. The first-order valence-corrected chi connectivity index (χ1v) is 8.36. The third kappa shape index (κ3) is 3.92. The summed E-state index contributed by atoms with van der Waals surface area (Å²) in [6.07, 6.45) is -1.55. The van der Waals surface area contributed by atoms with Gasteiger partial charge in [0.15, 0.2) is 6.04 Å². The Morgan fingerprint density at radius 3 is 2.19 bits per heavy atom. The smallest absolute Gasteiger partial charge is 0.329 e. The molecule has 2 aromatic carbocycles. The maximum absolute atomic E-state index is 12.0. The number of carboxylic acids is 1. The number of carbonyl (C=O) groups is 2. The fourth-order valence-electron chi connectivity index (χ4n) is 3.19. The maximum Gasteiger partial charge on any atom is 0.329 e. The standard InChI is InChI=1S/C20H19NO6/c1-26-18(22)10-17(19(23)24)21-20(25)27-11-16-14-8-4-2-6-12(14)13-7-3-5-9-15(13)16/h2-9,16-17H,10-11H2,1H3,(H,21,25)(H,23,24)/p-1/t17-/m1/s1. The van der Waals surface area contributed by atoms with E-state index >= 15 is 0 Å². The third-order valence-electron chi connectivity index (χ3n) is 4.47. The van der Waals surface area contributed by atoms with Gasteiger partial charge in [-0.3, -0.25) is 9.79 Å². The Morgan fingerprint density at radius 1 is 1.11 bits per heavy atom. The lowest BCUT2D eigenvalue weighted by Gasteiger charge is -2.21. The minimum absolute atomic E-state index is 0.0287. The van der Waals surface area contributed by atoms with Gasteiger partial charge in [-0.25, -0.2) is 4.79 Å². The molecular formula is C20H18NO6-. The van der Waals surface area contributed by atoms with Gasteiger partial charge in [0, 0.05) is 12.5 Å². The van der Waals surface area contributed by atoms with Crippen molar-refractivity contribution in [3.8, 4) is 11.1 Å². The number of methoxy groups -OCH3 is 1. The Hall–Kier alpha value is -3.35. The molecule has 0 unspecified atom stereocenters. The number of hydrogen-bond acceptors (Lipinski definition) is 6. The minimum atomic E-state index is -1.53. The third-order valence-corrected chi connectivity index (χ3v) is 4.47. The highest BCUT2D eigenvalue weighted by atomic mass is 16.6. The number of benzene rings is 2. The first kappa shape index (κ1) is 18.4. The number of ether oxygens (including phenoxy) is 2. The monoisotopic (exact) mass is 368 g/mol. The average molecular weight is 368 g/mol. The van der Waals surface area contributed by atoms with Crippen LogP contribution in [0, 0.1) is 0 Å². The molecule has 0 amide bonds. The lowest BCUT2D eigenvalue weighted by Crippen LogP contribution is -2.30. The second-order valence-electron chi connectivity index (χ2n) is 6.07. The van der Waals surface area contributed by atoms with Gasteiger partial charge in [-0.1, -0.05) is 48.5 Å². The van der Waals surface area contributed by atoms with Gasteiger partial charge in [0.25, 0.3) is 0 Å². The highest BCUT2D eigenvalue weighted by Crippen LogP contribution is 2.44. The zero-order chi connectivity index (χ0) is 19.4. The maximum atomic E-state index is 12.0. The molecule has 0 radical (unpaired) electrons. The van der Waals surface area contributed by atoms with Crippen LogP contribution in [0.1, 0.15) is 23.5 Å². The molecule has 2 aromatic rings. The zero-order valence-electron chi connectivity index (χ0n) is 14.6.